The lowest BCUT2D eigenvalue weighted by Gasteiger charge is -2.18. The summed E-state index contributed by atoms with van der Waals surface area (Å²) in [5.74, 6) is 0.503. The molecule has 0 saturated carbocycles. The Labute approximate surface area is 103 Å². The molecule has 17 heavy (non-hydrogen) atoms. The minimum absolute atomic E-state index is 0.106. The fraction of sp³-hybridized carbons (Fsp3) is 0.455. The molecule has 1 aromatic rings. The van der Waals surface area contributed by atoms with Crippen LogP contribution < -0.4 is 0 Å². The third kappa shape index (κ3) is 2.82. The van der Waals surface area contributed by atoms with Crippen molar-refractivity contribution in [2.24, 2.45) is 0 Å². The monoisotopic (exact) mass is 255 g/mol. The minimum Gasteiger partial charge on any atom is -0.475 e. The summed E-state index contributed by atoms with van der Waals surface area (Å²) >= 11 is 1.82. The largest absolute Gasteiger partial charge is 0.475 e. The van der Waals surface area contributed by atoms with Crippen LogP contribution >= 0.6 is 11.8 Å². The van der Waals surface area contributed by atoms with Crippen molar-refractivity contribution in [3.8, 4) is 0 Å². The van der Waals surface area contributed by atoms with Gasteiger partial charge in [0, 0.05) is 18.8 Å². The molecule has 1 saturated heterocycles. The fourth-order valence-corrected chi connectivity index (χ4v) is 2.56. The number of amides is 1. The second kappa shape index (κ2) is 5.27. The number of carbonyl (C=O) groups excluding carboxylic acids is 1. The topological polar surface area (TPSA) is 70.8 Å². The second-order valence-electron chi connectivity index (χ2n) is 3.73. The van der Waals surface area contributed by atoms with E-state index in [9.17, 15) is 9.59 Å². The van der Waals surface area contributed by atoms with E-state index in [0.29, 0.717) is 13.1 Å². The van der Waals surface area contributed by atoms with Crippen LogP contribution in [0.5, 0.6) is 0 Å². The maximum absolute atomic E-state index is 12.0. The van der Waals surface area contributed by atoms with Gasteiger partial charge in [-0.2, -0.15) is 11.8 Å². The van der Waals surface area contributed by atoms with E-state index in [-0.39, 0.29) is 17.4 Å². The van der Waals surface area contributed by atoms with E-state index in [2.05, 4.69) is 0 Å². The van der Waals surface area contributed by atoms with Gasteiger partial charge in [0.25, 0.3) is 5.91 Å². The quantitative estimate of drug-likeness (QED) is 0.868. The average Bonchev–Trinajstić information content (AvgIpc) is 2.65. The number of aromatic carboxylic acids is 1. The summed E-state index contributed by atoms with van der Waals surface area (Å²) in [6, 6.07) is 2.73. The molecule has 1 N–H and O–H groups in total. The summed E-state index contributed by atoms with van der Waals surface area (Å²) in [7, 11) is 0. The third-order valence-electron chi connectivity index (χ3n) is 2.54. The first-order chi connectivity index (χ1) is 8.18. The van der Waals surface area contributed by atoms with Crippen molar-refractivity contribution in [3.63, 3.8) is 0 Å². The Bertz CT molecular complexity index is 421. The molecule has 0 spiro atoms. The summed E-state index contributed by atoms with van der Waals surface area (Å²) in [5.41, 5.74) is 0. The molecule has 1 aromatic heterocycles. The molecule has 0 aromatic carbocycles. The van der Waals surface area contributed by atoms with Gasteiger partial charge in [0.1, 0.15) is 0 Å². The van der Waals surface area contributed by atoms with Gasteiger partial charge in [0.05, 0.1) is 0 Å². The van der Waals surface area contributed by atoms with Crippen LogP contribution in [0, 0.1) is 0 Å². The SMILES string of the molecule is O=C(O)c1ccc(C(=O)N2CCCSCC2)o1. The van der Waals surface area contributed by atoms with E-state index in [4.69, 9.17) is 9.52 Å². The number of carboxylic acid groups (broad SMARTS) is 1. The third-order valence-corrected chi connectivity index (χ3v) is 3.59. The highest BCUT2D eigenvalue weighted by atomic mass is 32.2. The van der Waals surface area contributed by atoms with Gasteiger partial charge >= 0.3 is 5.97 Å². The van der Waals surface area contributed by atoms with Crippen LogP contribution in [-0.4, -0.2) is 46.5 Å². The lowest BCUT2D eigenvalue weighted by atomic mass is 10.3. The summed E-state index contributed by atoms with van der Waals surface area (Å²) in [4.78, 5) is 24.4. The van der Waals surface area contributed by atoms with Crippen molar-refractivity contribution in [2.75, 3.05) is 24.6 Å². The van der Waals surface area contributed by atoms with Crippen molar-refractivity contribution in [3.05, 3.63) is 23.7 Å². The zero-order valence-corrected chi connectivity index (χ0v) is 10.0. The Kier molecular flexibility index (Phi) is 3.73. The van der Waals surface area contributed by atoms with Gasteiger partial charge < -0.3 is 14.4 Å². The number of furan rings is 1. The van der Waals surface area contributed by atoms with Crippen LogP contribution in [0.4, 0.5) is 0 Å². The molecular formula is C11H13NO4S. The molecule has 0 radical (unpaired) electrons. The molecule has 0 unspecified atom stereocenters. The highest BCUT2D eigenvalue weighted by molar-refractivity contribution is 7.99. The number of carbonyl (C=O) groups is 2. The number of hydrogen-bond donors (Lipinski definition) is 1. The molecule has 0 bridgehead atoms. The normalized spacial score (nSPS) is 16.6. The van der Waals surface area contributed by atoms with E-state index in [0.717, 1.165) is 17.9 Å². The molecule has 0 atom stereocenters. The van der Waals surface area contributed by atoms with E-state index < -0.39 is 5.97 Å². The number of nitrogens with zero attached hydrogens (tertiary/aromatic N) is 1. The first kappa shape index (κ1) is 12.0. The Morgan fingerprint density at radius 2 is 2.00 bits per heavy atom. The number of hydrogen-bond acceptors (Lipinski definition) is 4. The summed E-state index contributed by atoms with van der Waals surface area (Å²) in [6.45, 7) is 1.39. The van der Waals surface area contributed by atoms with Crippen LogP contribution in [-0.2, 0) is 0 Å². The zero-order chi connectivity index (χ0) is 12.3. The van der Waals surface area contributed by atoms with Crippen LogP contribution in [0.15, 0.2) is 16.5 Å². The number of carboxylic acids is 1. The predicted octanol–water partition coefficient (Wildman–Crippen LogP) is 1.56. The molecule has 92 valence electrons. The Morgan fingerprint density at radius 3 is 2.71 bits per heavy atom. The van der Waals surface area contributed by atoms with Gasteiger partial charge in [0.15, 0.2) is 5.76 Å². The van der Waals surface area contributed by atoms with Gasteiger partial charge in [-0.15, -0.1) is 0 Å². The smallest absolute Gasteiger partial charge is 0.371 e. The second-order valence-corrected chi connectivity index (χ2v) is 4.95. The molecule has 2 rings (SSSR count). The molecule has 1 amide bonds. The first-order valence-electron chi connectivity index (χ1n) is 5.38. The molecular weight excluding hydrogens is 242 g/mol. The van der Waals surface area contributed by atoms with Gasteiger partial charge in [-0.1, -0.05) is 0 Å². The Morgan fingerprint density at radius 1 is 1.24 bits per heavy atom. The van der Waals surface area contributed by atoms with Crippen molar-refractivity contribution in [1.29, 1.82) is 0 Å². The molecule has 0 aliphatic carbocycles. The lowest BCUT2D eigenvalue weighted by Crippen LogP contribution is -2.32. The van der Waals surface area contributed by atoms with Crippen molar-refractivity contribution >= 4 is 23.6 Å². The van der Waals surface area contributed by atoms with Gasteiger partial charge in [-0.05, 0) is 24.3 Å². The van der Waals surface area contributed by atoms with Crippen molar-refractivity contribution in [2.45, 2.75) is 6.42 Å². The molecule has 6 heteroatoms. The molecule has 5 nitrogen and oxygen atoms in total. The number of thioether (sulfide) groups is 1. The van der Waals surface area contributed by atoms with Crippen LogP contribution in [0.2, 0.25) is 0 Å². The molecule has 1 aliphatic heterocycles. The van der Waals surface area contributed by atoms with Crippen LogP contribution in [0.1, 0.15) is 27.5 Å². The van der Waals surface area contributed by atoms with E-state index in [1.54, 1.807) is 4.90 Å². The van der Waals surface area contributed by atoms with Gasteiger partial charge in [-0.25, -0.2) is 4.79 Å². The van der Waals surface area contributed by atoms with E-state index in [1.807, 2.05) is 11.8 Å². The van der Waals surface area contributed by atoms with E-state index in [1.165, 1.54) is 12.1 Å². The first-order valence-corrected chi connectivity index (χ1v) is 6.54. The molecule has 1 fully saturated rings. The summed E-state index contributed by atoms with van der Waals surface area (Å²) in [6.07, 6.45) is 0.961. The maximum Gasteiger partial charge on any atom is 0.371 e. The fourth-order valence-electron chi connectivity index (χ4n) is 1.67. The van der Waals surface area contributed by atoms with Crippen LogP contribution in [0.25, 0.3) is 0 Å². The predicted molar refractivity (Wildman–Crippen MR) is 63.5 cm³/mol. The lowest BCUT2D eigenvalue weighted by molar-refractivity contribution is 0.0651. The Hall–Kier alpha value is -1.43. The van der Waals surface area contributed by atoms with E-state index >= 15 is 0 Å². The standard InChI is InChI=1S/C11H13NO4S/c13-10(12-4-1-6-17-7-5-12)8-2-3-9(16-8)11(14)15/h2-3H,1,4-7H2,(H,14,15). The van der Waals surface area contributed by atoms with Crippen molar-refractivity contribution < 1.29 is 19.1 Å². The van der Waals surface area contributed by atoms with Crippen molar-refractivity contribution in [1.82, 2.24) is 4.90 Å². The molecule has 1 aliphatic rings. The highest BCUT2D eigenvalue weighted by Crippen LogP contribution is 2.15. The summed E-state index contributed by atoms with van der Waals surface area (Å²) < 4.78 is 5.00. The zero-order valence-electron chi connectivity index (χ0n) is 9.22. The van der Waals surface area contributed by atoms with Gasteiger partial charge in [-0.3, -0.25) is 4.79 Å². The summed E-state index contributed by atoms with van der Waals surface area (Å²) in [5, 5.41) is 8.71. The van der Waals surface area contributed by atoms with Gasteiger partial charge in [0.2, 0.25) is 5.76 Å². The average molecular weight is 255 g/mol. The Balaban J connectivity index is 2.09. The molecule has 2 heterocycles. The van der Waals surface area contributed by atoms with Crippen LogP contribution in [0.3, 0.4) is 0 Å². The maximum atomic E-state index is 12.0. The number of rotatable bonds is 2. The minimum atomic E-state index is -1.16. The highest BCUT2D eigenvalue weighted by Gasteiger charge is 2.21.